The van der Waals surface area contributed by atoms with Gasteiger partial charge in [-0.3, -0.25) is 0 Å². The number of rotatable bonds is 4. The molecular weight excluding hydrogens is 196 g/mol. The lowest BCUT2D eigenvalue weighted by Gasteiger charge is -2.23. The molecule has 0 aliphatic heterocycles. The molecule has 0 aliphatic rings. The number of pyridine rings is 1. The summed E-state index contributed by atoms with van der Waals surface area (Å²) in [4.78, 5) is 4.17. The molecule has 0 spiro atoms. The van der Waals surface area contributed by atoms with Crippen molar-refractivity contribution < 1.29 is 0 Å². The Morgan fingerprint density at radius 1 is 1.50 bits per heavy atom. The lowest BCUT2D eigenvalue weighted by Crippen LogP contribution is -2.22. The van der Waals surface area contributed by atoms with Crippen LogP contribution in [0.1, 0.15) is 27.2 Å². The number of nitrogens with zero attached hydrogens (tertiary/aromatic N) is 1. The van der Waals surface area contributed by atoms with Crippen LogP contribution in [0, 0.1) is 5.41 Å². The predicted molar refractivity (Wildman–Crippen MR) is 61.8 cm³/mol. The van der Waals surface area contributed by atoms with Crippen LogP contribution in [0.4, 0.5) is 5.82 Å². The Bertz CT molecular complexity index is 297. The molecule has 0 aromatic carbocycles. The van der Waals surface area contributed by atoms with Gasteiger partial charge in [-0.2, -0.15) is 0 Å². The van der Waals surface area contributed by atoms with E-state index < -0.39 is 0 Å². The van der Waals surface area contributed by atoms with E-state index in [1.807, 2.05) is 12.1 Å². The standard InChI is InChI=1S/C11H17ClN2/c1-4-11(2,3)8-14-10-9(12)6-5-7-13-10/h5-7H,4,8H2,1-3H3,(H,13,14). The van der Waals surface area contributed by atoms with Gasteiger partial charge in [0.2, 0.25) is 0 Å². The second kappa shape index (κ2) is 4.65. The van der Waals surface area contributed by atoms with Crippen LogP contribution >= 0.6 is 11.6 Å². The zero-order chi connectivity index (χ0) is 10.6. The Morgan fingerprint density at radius 3 is 2.79 bits per heavy atom. The summed E-state index contributed by atoms with van der Waals surface area (Å²) in [7, 11) is 0. The predicted octanol–water partition coefficient (Wildman–Crippen LogP) is 3.58. The first kappa shape index (κ1) is 11.3. The molecule has 3 heteroatoms. The molecule has 1 aromatic rings. The molecule has 1 N–H and O–H groups in total. The minimum absolute atomic E-state index is 0.279. The van der Waals surface area contributed by atoms with Crippen molar-refractivity contribution in [3.63, 3.8) is 0 Å². The molecule has 2 nitrogen and oxygen atoms in total. The normalized spacial score (nSPS) is 11.4. The molecule has 0 radical (unpaired) electrons. The molecule has 1 rings (SSSR count). The van der Waals surface area contributed by atoms with Crippen molar-refractivity contribution in [1.82, 2.24) is 4.98 Å². The third-order valence-electron chi connectivity index (χ3n) is 2.45. The fourth-order valence-corrected chi connectivity index (χ4v) is 1.15. The number of halogens is 1. The molecule has 0 saturated heterocycles. The smallest absolute Gasteiger partial charge is 0.144 e. The van der Waals surface area contributed by atoms with Crippen LogP contribution in [0.15, 0.2) is 18.3 Å². The van der Waals surface area contributed by atoms with E-state index >= 15 is 0 Å². The Morgan fingerprint density at radius 2 is 2.21 bits per heavy atom. The maximum atomic E-state index is 5.97. The molecule has 14 heavy (non-hydrogen) atoms. The number of hydrogen-bond acceptors (Lipinski definition) is 2. The Balaban J connectivity index is 2.58. The van der Waals surface area contributed by atoms with E-state index in [-0.39, 0.29) is 5.41 Å². The molecule has 0 saturated carbocycles. The van der Waals surface area contributed by atoms with Gasteiger partial charge in [-0.25, -0.2) is 4.98 Å². The Kier molecular flexibility index (Phi) is 3.76. The van der Waals surface area contributed by atoms with Crippen molar-refractivity contribution in [2.24, 2.45) is 5.41 Å². The van der Waals surface area contributed by atoms with E-state index in [1.165, 1.54) is 0 Å². The van der Waals surface area contributed by atoms with Gasteiger partial charge in [0.1, 0.15) is 5.82 Å². The zero-order valence-corrected chi connectivity index (χ0v) is 9.73. The van der Waals surface area contributed by atoms with Crippen molar-refractivity contribution in [3.8, 4) is 0 Å². The lowest BCUT2D eigenvalue weighted by atomic mass is 9.90. The summed E-state index contributed by atoms with van der Waals surface area (Å²) in [5, 5.41) is 3.94. The molecular formula is C11H17ClN2. The van der Waals surface area contributed by atoms with Crippen LogP contribution in [0.3, 0.4) is 0 Å². The van der Waals surface area contributed by atoms with E-state index in [0.29, 0.717) is 5.02 Å². The molecule has 0 unspecified atom stereocenters. The van der Waals surface area contributed by atoms with Gasteiger partial charge >= 0.3 is 0 Å². The summed E-state index contributed by atoms with van der Waals surface area (Å²) in [5.74, 6) is 0.774. The average molecular weight is 213 g/mol. The van der Waals surface area contributed by atoms with E-state index in [9.17, 15) is 0 Å². The Hall–Kier alpha value is -0.760. The molecule has 0 atom stereocenters. The summed E-state index contributed by atoms with van der Waals surface area (Å²) in [5.41, 5.74) is 0.279. The van der Waals surface area contributed by atoms with Gasteiger partial charge < -0.3 is 5.32 Å². The van der Waals surface area contributed by atoms with Crippen molar-refractivity contribution in [3.05, 3.63) is 23.4 Å². The van der Waals surface area contributed by atoms with Crippen molar-refractivity contribution in [1.29, 1.82) is 0 Å². The number of nitrogens with one attached hydrogen (secondary N) is 1. The van der Waals surface area contributed by atoms with E-state index in [0.717, 1.165) is 18.8 Å². The monoisotopic (exact) mass is 212 g/mol. The van der Waals surface area contributed by atoms with Gasteiger partial charge in [-0.05, 0) is 24.0 Å². The molecule has 1 aromatic heterocycles. The fourth-order valence-electron chi connectivity index (χ4n) is 0.964. The van der Waals surface area contributed by atoms with E-state index in [1.54, 1.807) is 6.20 Å². The van der Waals surface area contributed by atoms with Crippen LogP contribution < -0.4 is 5.32 Å². The van der Waals surface area contributed by atoms with Gasteiger partial charge in [-0.15, -0.1) is 0 Å². The van der Waals surface area contributed by atoms with Gasteiger partial charge in [0.05, 0.1) is 5.02 Å². The molecule has 1 heterocycles. The van der Waals surface area contributed by atoms with Crippen LogP contribution in [0.25, 0.3) is 0 Å². The molecule has 0 fully saturated rings. The number of aromatic nitrogens is 1. The third kappa shape index (κ3) is 3.18. The van der Waals surface area contributed by atoms with E-state index in [2.05, 4.69) is 31.1 Å². The number of anilines is 1. The summed E-state index contributed by atoms with van der Waals surface area (Å²) in [6, 6.07) is 3.67. The van der Waals surface area contributed by atoms with Gasteiger partial charge in [0, 0.05) is 12.7 Å². The number of hydrogen-bond donors (Lipinski definition) is 1. The first-order valence-electron chi connectivity index (χ1n) is 4.89. The maximum absolute atomic E-state index is 5.97. The zero-order valence-electron chi connectivity index (χ0n) is 8.97. The van der Waals surface area contributed by atoms with Gasteiger partial charge in [-0.1, -0.05) is 32.4 Å². The van der Waals surface area contributed by atoms with Crippen LogP contribution in [-0.2, 0) is 0 Å². The van der Waals surface area contributed by atoms with Gasteiger partial charge in [0.25, 0.3) is 0 Å². The van der Waals surface area contributed by atoms with Crippen LogP contribution in [0.2, 0.25) is 5.02 Å². The van der Waals surface area contributed by atoms with Gasteiger partial charge in [0.15, 0.2) is 0 Å². The SMILES string of the molecule is CCC(C)(C)CNc1ncccc1Cl. The highest BCUT2D eigenvalue weighted by atomic mass is 35.5. The van der Waals surface area contributed by atoms with Crippen LogP contribution in [0.5, 0.6) is 0 Å². The highest BCUT2D eigenvalue weighted by Crippen LogP contribution is 2.23. The lowest BCUT2D eigenvalue weighted by molar-refractivity contribution is 0.376. The second-order valence-corrected chi connectivity index (χ2v) is 4.61. The minimum Gasteiger partial charge on any atom is -0.368 e. The summed E-state index contributed by atoms with van der Waals surface area (Å²) in [6.07, 6.45) is 2.87. The van der Waals surface area contributed by atoms with Crippen LogP contribution in [-0.4, -0.2) is 11.5 Å². The average Bonchev–Trinajstić information content (AvgIpc) is 2.17. The van der Waals surface area contributed by atoms with E-state index in [4.69, 9.17) is 11.6 Å². The molecule has 0 bridgehead atoms. The molecule has 0 aliphatic carbocycles. The highest BCUT2D eigenvalue weighted by molar-refractivity contribution is 6.32. The third-order valence-corrected chi connectivity index (χ3v) is 2.75. The quantitative estimate of drug-likeness (QED) is 0.825. The Labute approximate surface area is 90.7 Å². The highest BCUT2D eigenvalue weighted by Gasteiger charge is 2.15. The summed E-state index contributed by atoms with van der Waals surface area (Å²) >= 11 is 5.97. The molecule has 0 amide bonds. The summed E-state index contributed by atoms with van der Waals surface area (Å²) < 4.78 is 0. The largest absolute Gasteiger partial charge is 0.368 e. The second-order valence-electron chi connectivity index (χ2n) is 4.21. The molecule has 78 valence electrons. The first-order valence-corrected chi connectivity index (χ1v) is 5.27. The maximum Gasteiger partial charge on any atom is 0.144 e. The minimum atomic E-state index is 0.279. The van der Waals surface area contributed by atoms with Crippen molar-refractivity contribution in [2.45, 2.75) is 27.2 Å². The topological polar surface area (TPSA) is 24.9 Å². The summed E-state index contributed by atoms with van der Waals surface area (Å²) in [6.45, 7) is 7.51. The fraction of sp³-hybridized carbons (Fsp3) is 0.545. The van der Waals surface area contributed by atoms with Crippen molar-refractivity contribution >= 4 is 17.4 Å². The first-order chi connectivity index (χ1) is 6.55. The van der Waals surface area contributed by atoms with Crippen molar-refractivity contribution in [2.75, 3.05) is 11.9 Å².